The molecule has 0 amide bonds. The van der Waals surface area contributed by atoms with E-state index in [4.69, 9.17) is 4.98 Å². The van der Waals surface area contributed by atoms with Crippen molar-refractivity contribution in [2.24, 2.45) is 0 Å². The molecule has 0 fully saturated rings. The molecule has 6 aromatic rings. The van der Waals surface area contributed by atoms with Crippen LogP contribution in [0.2, 0.25) is 0 Å². The molecule has 0 radical (unpaired) electrons. The summed E-state index contributed by atoms with van der Waals surface area (Å²) in [7, 11) is 0. The zero-order valence-electron chi connectivity index (χ0n) is 16.2. The summed E-state index contributed by atoms with van der Waals surface area (Å²) >= 11 is 0. The molecule has 0 aliphatic carbocycles. The van der Waals surface area contributed by atoms with Crippen LogP contribution in [-0.4, -0.2) is 30.1 Å². The van der Waals surface area contributed by atoms with E-state index in [1.165, 1.54) is 12.1 Å². The SMILES string of the molecule is Fc1ccc(-c2nccc3[nH]c(-c4n[nH]c5ccc(-c6ccccn6)nc45)cc23)cc1. The van der Waals surface area contributed by atoms with Crippen molar-refractivity contribution in [3.63, 3.8) is 0 Å². The molecule has 2 N–H and O–H groups in total. The second-order valence-electron chi connectivity index (χ2n) is 7.19. The van der Waals surface area contributed by atoms with Crippen molar-refractivity contribution < 1.29 is 4.39 Å². The minimum atomic E-state index is -0.275. The first-order chi connectivity index (χ1) is 15.3. The molecule has 6 nitrogen and oxygen atoms in total. The van der Waals surface area contributed by atoms with Gasteiger partial charge in [0.15, 0.2) is 0 Å². The van der Waals surface area contributed by atoms with Gasteiger partial charge in [0.05, 0.1) is 28.3 Å². The van der Waals surface area contributed by atoms with Gasteiger partial charge in [0.2, 0.25) is 0 Å². The Labute approximate surface area is 175 Å². The van der Waals surface area contributed by atoms with E-state index in [0.29, 0.717) is 5.69 Å². The number of pyridine rings is 3. The number of rotatable bonds is 3. The minimum absolute atomic E-state index is 0.275. The molecule has 31 heavy (non-hydrogen) atoms. The van der Waals surface area contributed by atoms with Crippen LogP contribution in [-0.2, 0) is 0 Å². The fourth-order valence-electron chi connectivity index (χ4n) is 3.76. The molecule has 7 heteroatoms. The molecule has 0 bridgehead atoms. The van der Waals surface area contributed by atoms with E-state index in [9.17, 15) is 4.39 Å². The molecule has 6 rings (SSSR count). The van der Waals surface area contributed by atoms with Gasteiger partial charge in [-0.3, -0.25) is 15.1 Å². The average Bonchev–Trinajstić information content (AvgIpc) is 3.43. The minimum Gasteiger partial charge on any atom is -0.353 e. The molecule has 5 heterocycles. The van der Waals surface area contributed by atoms with Crippen molar-refractivity contribution in [2.45, 2.75) is 0 Å². The number of benzene rings is 1. The summed E-state index contributed by atoms with van der Waals surface area (Å²) in [4.78, 5) is 17.1. The summed E-state index contributed by atoms with van der Waals surface area (Å²) in [5.41, 5.74) is 7.26. The molecule has 1 aromatic carbocycles. The van der Waals surface area contributed by atoms with Gasteiger partial charge in [0.25, 0.3) is 0 Å². The van der Waals surface area contributed by atoms with E-state index < -0.39 is 0 Å². The summed E-state index contributed by atoms with van der Waals surface area (Å²) in [6, 6.07) is 19.9. The maximum absolute atomic E-state index is 13.4. The van der Waals surface area contributed by atoms with E-state index in [1.807, 2.05) is 42.5 Å². The maximum Gasteiger partial charge on any atom is 0.135 e. The van der Waals surface area contributed by atoms with Crippen LogP contribution in [0.4, 0.5) is 4.39 Å². The summed E-state index contributed by atoms with van der Waals surface area (Å²) in [6.07, 6.45) is 3.49. The maximum atomic E-state index is 13.4. The molecule has 0 atom stereocenters. The first kappa shape index (κ1) is 17.5. The second-order valence-corrected chi connectivity index (χ2v) is 7.19. The quantitative estimate of drug-likeness (QED) is 0.414. The lowest BCUT2D eigenvalue weighted by Crippen LogP contribution is -1.87. The summed E-state index contributed by atoms with van der Waals surface area (Å²) < 4.78 is 13.4. The molecular weight excluding hydrogens is 391 g/mol. The first-order valence-electron chi connectivity index (χ1n) is 9.77. The topological polar surface area (TPSA) is 83.1 Å². The van der Waals surface area contributed by atoms with E-state index >= 15 is 0 Å². The number of aromatic nitrogens is 6. The normalized spacial score (nSPS) is 11.4. The predicted molar refractivity (Wildman–Crippen MR) is 118 cm³/mol. The Morgan fingerprint density at radius 2 is 1.65 bits per heavy atom. The van der Waals surface area contributed by atoms with Crippen LogP contribution < -0.4 is 0 Å². The third-order valence-corrected chi connectivity index (χ3v) is 5.26. The molecule has 0 saturated heterocycles. The number of halogens is 1. The van der Waals surface area contributed by atoms with Crippen molar-refractivity contribution in [1.82, 2.24) is 30.1 Å². The van der Waals surface area contributed by atoms with Crippen LogP contribution >= 0.6 is 0 Å². The van der Waals surface area contributed by atoms with Crippen molar-refractivity contribution >= 4 is 21.9 Å². The average molecular weight is 406 g/mol. The van der Waals surface area contributed by atoms with Gasteiger partial charge in [-0.2, -0.15) is 5.10 Å². The second kappa shape index (κ2) is 6.84. The smallest absolute Gasteiger partial charge is 0.135 e. The standard InChI is InChI=1S/C24H15FN6/c25-15-6-4-14(5-7-15)22-16-13-21(28-17(16)10-12-27-22)24-23-20(30-31-24)9-8-19(29-23)18-3-1-2-11-26-18/h1-13,28H,(H,30,31). The van der Waals surface area contributed by atoms with Gasteiger partial charge >= 0.3 is 0 Å². The first-order valence-corrected chi connectivity index (χ1v) is 9.77. The van der Waals surface area contributed by atoms with E-state index in [-0.39, 0.29) is 5.82 Å². The van der Waals surface area contributed by atoms with Crippen LogP contribution in [0, 0.1) is 5.82 Å². The number of hydrogen-bond donors (Lipinski definition) is 2. The predicted octanol–water partition coefficient (Wildman–Crippen LogP) is 5.37. The largest absolute Gasteiger partial charge is 0.353 e. The van der Waals surface area contributed by atoms with Crippen molar-refractivity contribution in [1.29, 1.82) is 0 Å². The van der Waals surface area contributed by atoms with Gasteiger partial charge < -0.3 is 4.98 Å². The zero-order chi connectivity index (χ0) is 20.8. The Kier molecular flexibility index (Phi) is 3.86. The Morgan fingerprint density at radius 1 is 0.742 bits per heavy atom. The van der Waals surface area contributed by atoms with E-state index in [1.54, 1.807) is 24.5 Å². The van der Waals surface area contributed by atoms with Crippen molar-refractivity contribution in [2.75, 3.05) is 0 Å². The molecule has 0 saturated carbocycles. The lowest BCUT2D eigenvalue weighted by atomic mass is 10.1. The fourth-order valence-corrected chi connectivity index (χ4v) is 3.76. The molecular formula is C24H15FN6. The number of H-pyrrole nitrogens is 2. The highest BCUT2D eigenvalue weighted by Gasteiger charge is 2.16. The highest BCUT2D eigenvalue weighted by Crippen LogP contribution is 2.33. The molecule has 0 aliphatic heterocycles. The van der Waals surface area contributed by atoms with Crippen LogP contribution in [0.1, 0.15) is 0 Å². The molecule has 0 spiro atoms. The number of fused-ring (bicyclic) bond motifs is 2. The van der Waals surface area contributed by atoms with Crippen molar-refractivity contribution in [3.05, 3.63) is 84.9 Å². The number of aromatic amines is 2. The van der Waals surface area contributed by atoms with Crippen LogP contribution in [0.25, 0.3) is 56.0 Å². The van der Waals surface area contributed by atoms with Gasteiger partial charge in [-0.05, 0) is 60.7 Å². The van der Waals surface area contributed by atoms with Gasteiger partial charge in [-0.25, -0.2) is 9.37 Å². The van der Waals surface area contributed by atoms with Gasteiger partial charge in [-0.1, -0.05) is 6.07 Å². The van der Waals surface area contributed by atoms with E-state index in [0.717, 1.165) is 50.3 Å². The highest BCUT2D eigenvalue weighted by atomic mass is 19.1. The Hall–Kier alpha value is -4.39. The fraction of sp³-hybridized carbons (Fsp3) is 0. The zero-order valence-corrected chi connectivity index (χ0v) is 16.2. The lowest BCUT2D eigenvalue weighted by Gasteiger charge is -2.02. The van der Waals surface area contributed by atoms with Crippen molar-refractivity contribution in [3.8, 4) is 34.0 Å². The Morgan fingerprint density at radius 3 is 2.48 bits per heavy atom. The number of nitrogens with zero attached hydrogens (tertiary/aromatic N) is 4. The summed E-state index contributed by atoms with van der Waals surface area (Å²) in [5.74, 6) is -0.275. The van der Waals surface area contributed by atoms with Crippen LogP contribution in [0.15, 0.2) is 79.1 Å². The summed E-state index contributed by atoms with van der Waals surface area (Å²) in [5, 5.41) is 8.48. The third-order valence-electron chi connectivity index (χ3n) is 5.26. The molecule has 5 aromatic heterocycles. The molecule has 0 unspecified atom stereocenters. The van der Waals surface area contributed by atoms with Gasteiger partial charge in [0, 0.05) is 28.9 Å². The third kappa shape index (κ3) is 2.95. The van der Waals surface area contributed by atoms with Gasteiger partial charge in [0.1, 0.15) is 17.0 Å². The molecule has 0 aliphatic rings. The number of hydrogen-bond acceptors (Lipinski definition) is 4. The monoisotopic (exact) mass is 406 g/mol. The van der Waals surface area contributed by atoms with Gasteiger partial charge in [-0.15, -0.1) is 0 Å². The Balaban J connectivity index is 1.51. The highest BCUT2D eigenvalue weighted by molar-refractivity contribution is 5.99. The Bertz CT molecular complexity index is 1530. The summed E-state index contributed by atoms with van der Waals surface area (Å²) in [6.45, 7) is 0. The molecule has 148 valence electrons. The number of nitrogens with one attached hydrogen (secondary N) is 2. The lowest BCUT2D eigenvalue weighted by molar-refractivity contribution is 0.628. The van der Waals surface area contributed by atoms with E-state index in [2.05, 4.69) is 25.1 Å². The van der Waals surface area contributed by atoms with Crippen LogP contribution in [0.3, 0.4) is 0 Å². The van der Waals surface area contributed by atoms with Crippen LogP contribution in [0.5, 0.6) is 0 Å².